The topological polar surface area (TPSA) is 39.1 Å². The van der Waals surface area contributed by atoms with E-state index in [4.69, 9.17) is 4.74 Å². The van der Waals surface area contributed by atoms with Crippen LogP contribution in [0.15, 0.2) is 12.3 Å². The summed E-state index contributed by atoms with van der Waals surface area (Å²) in [5.74, 6) is 0.780. The predicted octanol–water partition coefficient (Wildman–Crippen LogP) is 1.89. The molecule has 2 rings (SSSR count). The Kier molecular flexibility index (Phi) is 4.57. The molecule has 1 N–H and O–H groups in total. The van der Waals surface area contributed by atoms with Gasteiger partial charge in [0, 0.05) is 32.5 Å². The zero-order valence-corrected chi connectivity index (χ0v) is 10.9. The summed E-state index contributed by atoms with van der Waals surface area (Å²) in [5.41, 5.74) is 1.29. The van der Waals surface area contributed by atoms with Gasteiger partial charge in [0.05, 0.1) is 5.69 Å². The Hall–Kier alpha value is -0.870. The van der Waals surface area contributed by atoms with Crippen LogP contribution in [0.25, 0.3) is 0 Å². The minimum atomic E-state index is 0.426. The van der Waals surface area contributed by atoms with Crippen molar-refractivity contribution in [2.24, 2.45) is 13.0 Å². The van der Waals surface area contributed by atoms with E-state index in [9.17, 15) is 0 Å². The molecule has 0 aliphatic carbocycles. The van der Waals surface area contributed by atoms with Crippen LogP contribution in [0.4, 0.5) is 0 Å². The van der Waals surface area contributed by atoms with Crippen LogP contribution in [0.5, 0.6) is 0 Å². The van der Waals surface area contributed by atoms with Gasteiger partial charge in [-0.1, -0.05) is 6.92 Å². The average molecular weight is 237 g/mol. The van der Waals surface area contributed by atoms with Crippen LogP contribution in [0, 0.1) is 5.92 Å². The molecule has 96 valence electrons. The fourth-order valence-electron chi connectivity index (χ4n) is 2.60. The van der Waals surface area contributed by atoms with Gasteiger partial charge in [-0.05, 0) is 37.8 Å². The van der Waals surface area contributed by atoms with Gasteiger partial charge in [0.1, 0.15) is 0 Å². The van der Waals surface area contributed by atoms with Gasteiger partial charge in [-0.15, -0.1) is 0 Å². The zero-order chi connectivity index (χ0) is 12.1. The highest BCUT2D eigenvalue weighted by Gasteiger charge is 2.21. The normalized spacial score (nSPS) is 19.4. The van der Waals surface area contributed by atoms with E-state index in [2.05, 4.69) is 23.4 Å². The van der Waals surface area contributed by atoms with Crippen molar-refractivity contribution in [1.82, 2.24) is 15.1 Å². The second-order valence-electron chi connectivity index (χ2n) is 4.78. The third-order valence-corrected chi connectivity index (χ3v) is 3.58. The first-order valence-electron chi connectivity index (χ1n) is 6.60. The number of hydrogen-bond acceptors (Lipinski definition) is 3. The van der Waals surface area contributed by atoms with E-state index in [0.29, 0.717) is 6.04 Å². The van der Waals surface area contributed by atoms with Crippen LogP contribution in [-0.2, 0) is 11.8 Å². The van der Waals surface area contributed by atoms with Gasteiger partial charge < -0.3 is 10.1 Å². The van der Waals surface area contributed by atoms with E-state index in [1.807, 2.05) is 17.9 Å². The summed E-state index contributed by atoms with van der Waals surface area (Å²) < 4.78 is 7.40. The fraction of sp³-hybridized carbons (Fsp3) is 0.769. The second-order valence-corrected chi connectivity index (χ2v) is 4.78. The Balaban J connectivity index is 1.99. The first-order valence-corrected chi connectivity index (χ1v) is 6.60. The maximum Gasteiger partial charge on any atom is 0.0550 e. The Morgan fingerprint density at radius 1 is 1.53 bits per heavy atom. The first-order chi connectivity index (χ1) is 8.31. The molecule has 0 saturated carbocycles. The lowest BCUT2D eigenvalue weighted by Crippen LogP contribution is -2.27. The van der Waals surface area contributed by atoms with E-state index in [-0.39, 0.29) is 0 Å². The summed E-state index contributed by atoms with van der Waals surface area (Å²) in [6, 6.07) is 2.54. The molecule has 1 aromatic heterocycles. The van der Waals surface area contributed by atoms with Crippen LogP contribution in [0.3, 0.4) is 0 Å². The average Bonchev–Trinajstić information content (AvgIpc) is 2.76. The van der Waals surface area contributed by atoms with Gasteiger partial charge in [-0.3, -0.25) is 4.68 Å². The van der Waals surface area contributed by atoms with Crippen molar-refractivity contribution in [3.8, 4) is 0 Å². The Morgan fingerprint density at radius 3 is 2.88 bits per heavy atom. The highest BCUT2D eigenvalue weighted by atomic mass is 16.5. The van der Waals surface area contributed by atoms with Gasteiger partial charge in [0.15, 0.2) is 0 Å². The van der Waals surface area contributed by atoms with Gasteiger partial charge in [-0.25, -0.2) is 0 Å². The molecule has 1 fully saturated rings. The van der Waals surface area contributed by atoms with E-state index < -0.39 is 0 Å². The highest BCUT2D eigenvalue weighted by molar-refractivity contribution is 5.06. The lowest BCUT2D eigenvalue weighted by atomic mass is 9.91. The molecule has 1 aromatic rings. The highest BCUT2D eigenvalue weighted by Crippen LogP contribution is 2.27. The Bertz CT molecular complexity index is 331. The molecule has 4 heteroatoms. The smallest absolute Gasteiger partial charge is 0.0550 e. The van der Waals surface area contributed by atoms with E-state index in [1.54, 1.807) is 0 Å². The molecule has 4 nitrogen and oxygen atoms in total. The number of aromatic nitrogens is 2. The molecule has 0 radical (unpaired) electrons. The minimum Gasteiger partial charge on any atom is -0.381 e. The number of ether oxygens (including phenoxy) is 1. The van der Waals surface area contributed by atoms with Crippen LogP contribution < -0.4 is 5.32 Å². The SMILES string of the molecule is CCNC(CC1CCOCC1)c1ccnn1C. The minimum absolute atomic E-state index is 0.426. The van der Waals surface area contributed by atoms with Crippen molar-refractivity contribution in [1.29, 1.82) is 0 Å². The summed E-state index contributed by atoms with van der Waals surface area (Å²) in [5, 5.41) is 7.84. The Labute approximate surface area is 103 Å². The molecule has 1 aliphatic heterocycles. The molecule has 2 heterocycles. The molecule has 17 heavy (non-hydrogen) atoms. The molecule has 1 unspecified atom stereocenters. The number of hydrogen-bond donors (Lipinski definition) is 1. The first kappa shape index (κ1) is 12.6. The van der Waals surface area contributed by atoms with Crippen molar-refractivity contribution in [3.05, 3.63) is 18.0 Å². The summed E-state index contributed by atoms with van der Waals surface area (Å²) in [4.78, 5) is 0. The lowest BCUT2D eigenvalue weighted by Gasteiger charge is -2.27. The van der Waals surface area contributed by atoms with Crippen LogP contribution >= 0.6 is 0 Å². The van der Waals surface area contributed by atoms with Crippen molar-refractivity contribution in [3.63, 3.8) is 0 Å². The molecule has 1 saturated heterocycles. The molecule has 0 amide bonds. The molecule has 1 atom stereocenters. The maximum absolute atomic E-state index is 5.42. The number of aryl methyl sites for hydroxylation is 1. The van der Waals surface area contributed by atoms with Gasteiger partial charge >= 0.3 is 0 Å². The van der Waals surface area contributed by atoms with E-state index >= 15 is 0 Å². The zero-order valence-electron chi connectivity index (χ0n) is 10.9. The van der Waals surface area contributed by atoms with E-state index in [1.165, 1.54) is 25.0 Å². The summed E-state index contributed by atoms with van der Waals surface area (Å²) >= 11 is 0. The number of rotatable bonds is 5. The standard InChI is InChI=1S/C13H23N3O/c1-3-14-12(13-4-7-15-16(13)2)10-11-5-8-17-9-6-11/h4,7,11-12,14H,3,5-6,8-10H2,1-2H3. The summed E-state index contributed by atoms with van der Waals surface area (Å²) in [7, 11) is 2.02. The van der Waals surface area contributed by atoms with Crippen LogP contribution in [0.2, 0.25) is 0 Å². The number of nitrogens with one attached hydrogen (secondary N) is 1. The molecule has 0 bridgehead atoms. The lowest BCUT2D eigenvalue weighted by molar-refractivity contribution is 0.0603. The monoisotopic (exact) mass is 237 g/mol. The molecular weight excluding hydrogens is 214 g/mol. The van der Waals surface area contributed by atoms with Gasteiger partial charge in [0.25, 0.3) is 0 Å². The summed E-state index contributed by atoms with van der Waals surface area (Å²) in [6.45, 7) is 5.01. The Morgan fingerprint density at radius 2 is 2.29 bits per heavy atom. The van der Waals surface area contributed by atoms with Crippen LogP contribution in [0.1, 0.15) is 37.9 Å². The van der Waals surface area contributed by atoms with Gasteiger partial charge in [-0.2, -0.15) is 5.10 Å². The maximum atomic E-state index is 5.42. The largest absolute Gasteiger partial charge is 0.381 e. The quantitative estimate of drug-likeness (QED) is 0.850. The number of nitrogens with zero attached hydrogens (tertiary/aromatic N) is 2. The molecule has 0 aromatic carbocycles. The predicted molar refractivity (Wildman–Crippen MR) is 67.8 cm³/mol. The second kappa shape index (κ2) is 6.17. The van der Waals surface area contributed by atoms with Crippen molar-refractivity contribution in [2.75, 3.05) is 19.8 Å². The third-order valence-electron chi connectivity index (χ3n) is 3.58. The van der Waals surface area contributed by atoms with Crippen molar-refractivity contribution < 1.29 is 4.74 Å². The van der Waals surface area contributed by atoms with Crippen LogP contribution in [-0.4, -0.2) is 29.5 Å². The third kappa shape index (κ3) is 3.30. The molecular formula is C13H23N3O. The van der Waals surface area contributed by atoms with Crippen molar-refractivity contribution >= 4 is 0 Å². The van der Waals surface area contributed by atoms with Gasteiger partial charge in [0.2, 0.25) is 0 Å². The fourth-order valence-corrected chi connectivity index (χ4v) is 2.60. The molecule has 1 aliphatic rings. The van der Waals surface area contributed by atoms with Crippen molar-refractivity contribution in [2.45, 2.75) is 32.2 Å². The molecule has 0 spiro atoms. The summed E-state index contributed by atoms with van der Waals surface area (Å²) in [6.07, 6.45) is 5.46. The van der Waals surface area contributed by atoms with E-state index in [0.717, 1.165) is 25.7 Å².